The van der Waals surface area contributed by atoms with Crippen LogP contribution in [0.2, 0.25) is 0 Å². The summed E-state index contributed by atoms with van der Waals surface area (Å²) in [5.41, 5.74) is 2.29. The van der Waals surface area contributed by atoms with Gasteiger partial charge in [-0.3, -0.25) is 9.59 Å². The van der Waals surface area contributed by atoms with Crippen LogP contribution in [0.3, 0.4) is 0 Å². The number of carbonyl (C=O) groups excluding carboxylic acids is 2. The molecule has 0 bridgehead atoms. The lowest BCUT2D eigenvalue weighted by Crippen LogP contribution is -2.24. The first-order valence-electron chi connectivity index (χ1n) is 8.75. The number of carbonyl (C=O) groups is 2. The molecular weight excluding hydrogens is 358 g/mol. The number of benzene rings is 2. The van der Waals surface area contributed by atoms with E-state index in [-0.39, 0.29) is 18.4 Å². The van der Waals surface area contributed by atoms with Crippen molar-refractivity contribution >= 4 is 23.2 Å². The zero-order chi connectivity index (χ0) is 19.9. The van der Waals surface area contributed by atoms with Crippen LogP contribution >= 0.6 is 0 Å². The van der Waals surface area contributed by atoms with Crippen LogP contribution in [-0.4, -0.2) is 33.2 Å². The maximum atomic E-state index is 12.2. The highest BCUT2D eigenvalue weighted by Gasteiger charge is 2.15. The van der Waals surface area contributed by atoms with Gasteiger partial charge in [0.15, 0.2) is 6.61 Å². The van der Waals surface area contributed by atoms with E-state index in [0.717, 1.165) is 5.56 Å². The molecule has 0 aliphatic heterocycles. The molecule has 2 N–H and O–H groups in total. The lowest BCUT2D eigenvalue weighted by Gasteiger charge is -2.12. The van der Waals surface area contributed by atoms with Gasteiger partial charge in [-0.2, -0.15) is 5.10 Å². The molecule has 0 saturated heterocycles. The largest absolute Gasteiger partial charge is 0.484 e. The van der Waals surface area contributed by atoms with Gasteiger partial charge in [0, 0.05) is 11.4 Å². The summed E-state index contributed by atoms with van der Waals surface area (Å²) in [4.78, 5) is 28.1. The molecule has 2 aromatic carbocycles. The molecule has 8 heteroatoms. The second kappa shape index (κ2) is 8.81. The van der Waals surface area contributed by atoms with E-state index in [1.54, 1.807) is 37.3 Å². The van der Waals surface area contributed by atoms with Crippen LogP contribution in [0.5, 0.6) is 5.75 Å². The van der Waals surface area contributed by atoms with E-state index in [4.69, 9.17) is 4.74 Å². The fourth-order valence-electron chi connectivity index (χ4n) is 2.47. The van der Waals surface area contributed by atoms with Gasteiger partial charge in [0.2, 0.25) is 5.91 Å². The van der Waals surface area contributed by atoms with E-state index >= 15 is 0 Å². The lowest BCUT2D eigenvalue weighted by atomic mass is 10.2. The predicted octanol–water partition coefficient (Wildman–Crippen LogP) is 2.80. The summed E-state index contributed by atoms with van der Waals surface area (Å²) in [6.45, 7) is 3.60. The lowest BCUT2D eigenvalue weighted by molar-refractivity contribution is -0.119. The van der Waals surface area contributed by atoms with E-state index in [1.165, 1.54) is 17.3 Å². The number of hydrogen-bond donors (Lipinski definition) is 2. The van der Waals surface area contributed by atoms with Crippen molar-refractivity contribution < 1.29 is 14.3 Å². The number of nitrogens with one attached hydrogen (secondary N) is 2. The Kier molecular flexibility index (Phi) is 6.01. The van der Waals surface area contributed by atoms with Gasteiger partial charge in [-0.25, -0.2) is 9.67 Å². The van der Waals surface area contributed by atoms with Crippen LogP contribution in [0.4, 0.5) is 11.4 Å². The molecule has 0 spiro atoms. The summed E-state index contributed by atoms with van der Waals surface area (Å²) in [5, 5.41) is 9.51. The zero-order valence-electron chi connectivity index (χ0n) is 15.6. The van der Waals surface area contributed by atoms with Gasteiger partial charge in [-0.1, -0.05) is 12.1 Å². The molecule has 0 saturated carbocycles. The summed E-state index contributed by atoms with van der Waals surface area (Å²) >= 11 is 0. The van der Waals surface area contributed by atoms with Gasteiger partial charge in [0.1, 0.15) is 24.4 Å². The minimum Gasteiger partial charge on any atom is -0.484 e. The maximum absolute atomic E-state index is 12.2. The molecule has 0 radical (unpaired) electrons. The number of ether oxygens (including phenoxy) is 1. The summed E-state index contributed by atoms with van der Waals surface area (Å²) in [7, 11) is 0. The number of nitrogens with zero attached hydrogens (tertiary/aromatic N) is 3. The Morgan fingerprint density at radius 3 is 2.46 bits per heavy atom. The van der Waals surface area contributed by atoms with Crippen molar-refractivity contribution in [3.63, 3.8) is 0 Å². The predicted molar refractivity (Wildman–Crippen MR) is 105 cm³/mol. The first kappa shape index (κ1) is 19.1. The van der Waals surface area contributed by atoms with Gasteiger partial charge in [0.25, 0.3) is 5.91 Å². The van der Waals surface area contributed by atoms with Crippen molar-refractivity contribution in [1.82, 2.24) is 14.8 Å². The first-order chi connectivity index (χ1) is 13.5. The van der Waals surface area contributed by atoms with Crippen LogP contribution in [0, 0.1) is 6.92 Å². The molecule has 0 aliphatic rings. The van der Waals surface area contributed by atoms with Crippen molar-refractivity contribution in [3.8, 4) is 5.75 Å². The molecule has 0 fully saturated rings. The van der Waals surface area contributed by atoms with Gasteiger partial charge >= 0.3 is 0 Å². The van der Waals surface area contributed by atoms with E-state index in [0.29, 0.717) is 17.1 Å². The summed E-state index contributed by atoms with van der Waals surface area (Å²) in [5.74, 6) is 0.168. The number of anilines is 2. The van der Waals surface area contributed by atoms with Crippen molar-refractivity contribution in [3.05, 3.63) is 66.7 Å². The van der Waals surface area contributed by atoms with E-state index < -0.39 is 6.04 Å². The number of aryl methyl sites for hydroxylation is 1. The van der Waals surface area contributed by atoms with Crippen LogP contribution in [0.1, 0.15) is 18.5 Å². The third kappa shape index (κ3) is 5.16. The Labute approximate surface area is 162 Å². The molecular formula is C20H21N5O3. The fourth-order valence-corrected chi connectivity index (χ4v) is 2.47. The molecule has 28 heavy (non-hydrogen) atoms. The molecule has 3 rings (SSSR count). The van der Waals surface area contributed by atoms with Gasteiger partial charge in [-0.15, -0.1) is 0 Å². The zero-order valence-corrected chi connectivity index (χ0v) is 15.6. The monoisotopic (exact) mass is 379 g/mol. The minimum absolute atomic E-state index is 0.0860. The molecule has 2 amide bonds. The molecule has 1 unspecified atom stereocenters. The first-order valence-corrected chi connectivity index (χ1v) is 8.75. The number of rotatable bonds is 7. The van der Waals surface area contributed by atoms with Crippen LogP contribution in [-0.2, 0) is 9.59 Å². The van der Waals surface area contributed by atoms with Crippen molar-refractivity contribution in [1.29, 1.82) is 0 Å². The maximum Gasteiger partial charge on any atom is 0.262 e. The Morgan fingerprint density at radius 1 is 1.11 bits per heavy atom. The smallest absolute Gasteiger partial charge is 0.262 e. The molecule has 1 aromatic heterocycles. The standard InChI is InChI=1S/C20H21N5O3/c1-14-4-3-5-18(10-14)28-11-19(26)23-16-6-8-17(9-7-16)24-20(27)15(2)25-13-21-12-22-25/h3-10,12-13,15H,11H2,1-2H3,(H,23,26)(H,24,27). The van der Waals surface area contributed by atoms with E-state index in [2.05, 4.69) is 20.7 Å². The normalized spacial score (nSPS) is 11.5. The third-order valence-corrected chi connectivity index (χ3v) is 4.01. The van der Waals surface area contributed by atoms with Crippen LogP contribution < -0.4 is 15.4 Å². The van der Waals surface area contributed by atoms with Crippen LogP contribution in [0.25, 0.3) is 0 Å². The van der Waals surface area contributed by atoms with Crippen molar-refractivity contribution in [2.45, 2.75) is 19.9 Å². The molecule has 144 valence electrons. The highest BCUT2D eigenvalue weighted by atomic mass is 16.5. The highest BCUT2D eigenvalue weighted by Crippen LogP contribution is 2.16. The number of aromatic nitrogens is 3. The average molecular weight is 379 g/mol. The van der Waals surface area contributed by atoms with E-state index in [1.807, 2.05) is 25.1 Å². The van der Waals surface area contributed by atoms with Crippen LogP contribution in [0.15, 0.2) is 61.2 Å². The summed E-state index contributed by atoms with van der Waals surface area (Å²) in [6.07, 6.45) is 2.87. The highest BCUT2D eigenvalue weighted by molar-refractivity contribution is 5.94. The van der Waals surface area contributed by atoms with Gasteiger partial charge < -0.3 is 15.4 Å². The Balaban J connectivity index is 1.49. The average Bonchev–Trinajstić information content (AvgIpc) is 3.22. The van der Waals surface area contributed by atoms with Gasteiger partial charge in [0.05, 0.1) is 0 Å². The molecule has 3 aromatic rings. The summed E-state index contributed by atoms with van der Waals surface area (Å²) in [6, 6.07) is 13.9. The second-order valence-electron chi connectivity index (χ2n) is 6.27. The topological polar surface area (TPSA) is 98.1 Å². The number of hydrogen-bond acceptors (Lipinski definition) is 5. The van der Waals surface area contributed by atoms with Crippen molar-refractivity contribution in [2.24, 2.45) is 0 Å². The second-order valence-corrected chi connectivity index (χ2v) is 6.27. The third-order valence-electron chi connectivity index (χ3n) is 4.01. The summed E-state index contributed by atoms with van der Waals surface area (Å²) < 4.78 is 6.95. The Morgan fingerprint density at radius 2 is 1.82 bits per heavy atom. The Hall–Kier alpha value is -3.68. The SMILES string of the molecule is Cc1cccc(OCC(=O)Nc2ccc(NC(=O)C(C)n3cncn3)cc2)c1. The molecule has 8 nitrogen and oxygen atoms in total. The number of amides is 2. The molecule has 1 heterocycles. The van der Waals surface area contributed by atoms with E-state index in [9.17, 15) is 9.59 Å². The molecule has 0 aliphatic carbocycles. The minimum atomic E-state index is -0.486. The Bertz CT molecular complexity index is 939. The molecule has 1 atom stereocenters. The van der Waals surface area contributed by atoms with Crippen molar-refractivity contribution in [2.75, 3.05) is 17.2 Å². The quantitative estimate of drug-likeness (QED) is 0.658. The van der Waals surface area contributed by atoms with Gasteiger partial charge in [-0.05, 0) is 55.8 Å². The fraction of sp³-hybridized carbons (Fsp3) is 0.200.